The Morgan fingerprint density at radius 1 is 1.22 bits per heavy atom. The highest BCUT2D eigenvalue weighted by Gasteiger charge is 2.31. The molecule has 9 heteroatoms. The van der Waals surface area contributed by atoms with Crippen LogP contribution in [0, 0.1) is 5.41 Å². The molecule has 2 aromatic rings. The van der Waals surface area contributed by atoms with Crippen molar-refractivity contribution < 1.29 is 23.0 Å². The average molecular weight is 347 g/mol. The Morgan fingerprint density at radius 3 is 2.52 bits per heavy atom. The monoisotopic (exact) mass is 347 g/mol. The number of nitrogens with zero attached hydrogens (tertiary/aromatic N) is 2. The Morgan fingerprint density at radius 2 is 1.91 bits per heavy atom. The molecule has 5 nitrogen and oxygen atoms in total. The second-order valence-electron chi connectivity index (χ2n) is 5.91. The van der Waals surface area contributed by atoms with Crippen LogP contribution in [-0.4, -0.2) is 21.7 Å². The van der Waals surface area contributed by atoms with E-state index in [0.29, 0.717) is 15.8 Å². The summed E-state index contributed by atoms with van der Waals surface area (Å²) < 4.78 is 40.5. The summed E-state index contributed by atoms with van der Waals surface area (Å²) in [6, 6.07) is 5.40. The topological polar surface area (TPSA) is 67.3 Å². The molecule has 0 aliphatic heterocycles. The lowest BCUT2D eigenvalue weighted by atomic mass is 9.90. The zero-order valence-corrected chi connectivity index (χ0v) is 13.5. The van der Waals surface area contributed by atoms with Crippen molar-refractivity contribution in [1.82, 2.24) is 10.2 Å². The zero-order chi connectivity index (χ0) is 17.3. The number of aromatic nitrogens is 2. The largest absolute Gasteiger partial charge is 0.573 e. The van der Waals surface area contributed by atoms with Crippen LogP contribution in [0.4, 0.5) is 24.0 Å². The summed E-state index contributed by atoms with van der Waals surface area (Å²) in [7, 11) is 0. The molecule has 0 saturated carbocycles. The summed E-state index contributed by atoms with van der Waals surface area (Å²) in [5, 5.41) is 21.6. The third-order valence-electron chi connectivity index (χ3n) is 2.81. The van der Waals surface area contributed by atoms with Crippen LogP contribution in [-0.2, 0) is 0 Å². The molecule has 1 aromatic carbocycles. The molecule has 1 unspecified atom stereocenters. The van der Waals surface area contributed by atoms with E-state index in [9.17, 15) is 18.3 Å². The molecule has 1 atom stereocenters. The molecule has 0 amide bonds. The van der Waals surface area contributed by atoms with E-state index in [1.165, 1.54) is 18.2 Å². The maximum atomic E-state index is 12.2. The number of hydrogen-bond acceptors (Lipinski definition) is 6. The van der Waals surface area contributed by atoms with Crippen LogP contribution >= 0.6 is 11.3 Å². The van der Waals surface area contributed by atoms with E-state index in [1.807, 2.05) is 20.8 Å². The molecule has 23 heavy (non-hydrogen) atoms. The molecule has 0 fully saturated rings. The number of halogens is 3. The van der Waals surface area contributed by atoms with E-state index < -0.39 is 17.9 Å². The van der Waals surface area contributed by atoms with Crippen molar-refractivity contribution in [2.24, 2.45) is 5.41 Å². The predicted octanol–water partition coefficient (Wildman–Crippen LogP) is 4.26. The van der Waals surface area contributed by atoms with Crippen molar-refractivity contribution in [1.29, 1.82) is 0 Å². The lowest BCUT2D eigenvalue weighted by Gasteiger charge is -2.23. The van der Waals surface area contributed by atoms with Crippen LogP contribution in [0.3, 0.4) is 0 Å². The summed E-state index contributed by atoms with van der Waals surface area (Å²) in [6.07, 6.45) is -5.53. The van der Waals surface area contributed by atoms with Gasteiger partial charge in [-0.05, 0) is 17.5 Å². The normalized spacial score (nSPS) is 13.7. The van der Waals surface area contributed by atoms with E-state index >= 15 is 0 Å². The van der Waals surface area contributed by atoms with Gasteiger partial charge >= 0.3 is 6.36 Å². The SMILES string of the molecule is CC(C)(C)C(O)c1nnc(Nc2cccc(OC(F)(F)F)c2)s1. The minimum absolute atomic E-state index is 0.332. The smallest absolute Gasteiger partial charge is 0.406 e. The van der Waals surface area contributed by atoms with E-state index in [4.69, 9.17) is 0 Å². The molecule has 1 aromatic heterocycles. The molecule has 0 saturated heterocycles. The molecule has 2 rings (SSSR count). The van der Waals surface area contributed by atoms with E-state index in [-0.39, 0.29) is 5.75 Å². The average Bonchev–Trinajstić information content (AvgIpc) is 2.83. The first-order chi connectivity index (χ1) is 10.5. The molecule has 2 N–H and O–H groups in total. The number of hydrogen-bond donors (Lipinski definition) is 2. The van der Waals surface area contributed by atoms with Crippen molar-refractivity contribution in [2.45, 2.75) is 33.2 Å². The minimum atomic E-state index is -4.74. The number of anilines is 2. The Balaban J connectivity index is 2.11. The van der Waals surface area contributed by atoms with Gasteiger partial charge in [-0.15, -0.1) is 23.4 Å². The van der Waals surface area contributed by atoms with E-state index in [0.717, 1.165) is 11.3 Å². The Hall–Kier alpha value is -1.87. The first-order valence-electron chi connectivity index (χ1n) is 6.69. The lowest BCUT2D eigenvalue weighted by Crippen LogP contribution is -2.17. The zero-order valence-electron chi connectivity index (χ0n) is 12.7. The summed E-state index contributed by atoms with van der Waals surface area (Å²) in [4.78, 5) is 0. The van der Waals surface area contributed by atoms with Gasteiger partial charge in [0.05, 0.1) is 0 Å². The van der Waals surface area contributed by atoms with Crippen molar-refractivity contribution >= 4 is 22.2 Å². The van der Waals surface area contributed by atoms with Gasteiger partial charge in [0.2, 0.25) is 5.13 Å². The van der Waals surface area contributed by atoms with Crippen LogP contribution in [0.1, 0.15) is 31.9 Å². The summed E-state index contributed by atoms with van der Waals surface area (Å²) in [6.45, 7) is 5.60. The number of alkyl halides is 3. The molecule has 1 heterocycles. The Bertz CT molecular complexity index is 668. The third kappa shape index (κ3) is 5.07. The molecule has 0 aliphatic carbocycles. The second kappa shape index (κ2) is 6.32. The van der Waals surface area contributed by atoms with Crippen LogP contribution in [0.5, 0.6) is 5.75 Å². The lowest BCUT2D eigenvalue weighted by molar-refractivity contribution is -0.274. The number of aliphatic hydroxyl groups is 1. The highest BCUT2D eigenvalue weighted by Crippen LogP contribution is 2.36. The fourth-order valence-electron chi connectivity index (χ4n) is 1.66. The molecule has 0 bridgehead atoms. The van der Waals surface area contributed by atoms with Crippen molar-refractivity contribution in [2.75, 3.05) is 5.32 Å². The Kier molecular flexibility index (Phi) is 4.81. The van der Waals surface area contributed by atoms with Gasteiger partial charge in [0, 0.05) is 11.8 Å². The molecule has 0 spiro atoms. The summed E-state index contributed by atoms with van der Waals surface area (Å²) in [5.74, 6) is -0.332. The summed E-state index contributed by atoms with van der Waals surface area (Å²) in [5.41, 5.74) is -0.0169. The number of ether oxygens (including phenoxy) is 1. The first-order valence-corrected chi connectivity index (χ1v) is 7.50. The van der Waals surface area contributed by atoms with Gasteiger partial charge < -0.3 is 15.2 Å². The number of aliphatic hydroxyl groups excluding tert-OH is 1. The minimum Gasteiger partial charge on any atom is -0.406 e. The van der Waals surface area contributed by atoms with Gasteiger partial charge in [-0.25, -0.2) is 0 Å². The fraction of sp³-hybridized carbons (Fsp3) is 0.429. The Labute approximate surface area is 135 Å². The third-order valence-corrected chi connectivity index (χ3v) is 3.70. The molecular weight excluding hydrogens is 331 g/mol. The first kappa shape index (κ1) is 17.5. The van der Waals surface area contributed by atoms with Crippen LogP contribution in [0.15, 0.2) is 24.3 Å². The van der Waals surface area contributed by atoms with Gasteiger partial charge in [-0.3, -0.25) is 0 Å². The van der Waals surface area contributed by atoms with Crippen LogP contribution in [0.2, 0.25) is 0 Å². The van der Waals surface area contributed by atoms with Gasteiger partial charge in [0.1, 0.15) is 16.9 Å². The van der Waals surface area contributed by atoms with Gasteiger partial charge in [0.25, 0.3) is 0 Å². The van der Waals surface area contributed by atoms with Crippen molar-refractivity contribution in [3.63, 3.8) is 0 Å². The highest BCUT2D eigenvalue weighted by atomic mass is 32.1. The van der Waals surface area contributed by atoms with Crippen molar-refractivity contribution in [3.8, 4) is 5.75 Å². The standard InChI is InChI=1S/C14H16F3N3O2S/c1-13(2,3)10(21)11-19-20-12(23-11)18-8-5-4-6-9(7-8)22-14(15,16)17/h4-7,10,21H,1-3H3,(H,18,20). The second-order valence-corrected chi connectivity index (χ2v) is 6.92. The van der Waals surface area contributed by atoms with Gasteiger partial charge in [-0.2, -0.15) is 0 Å². The maximum absolute atomic E-state index is 12.2. The van der Waals surface area contributed by atoms with E-state index in [2.05, 4.69) is 20.3 Å². The highest BCUT2D eigenvalue weighted by molar-refractivity contribution is 7.15. The van der Waals surface area contributed by atoms with Crippen molar-refractivity contribution in [3.05, 3.63) is 29.3 Å². The van der Waals surface area contributed by atoms with Gasteiger partial charge in [-0.1, -0.05) is 38.2 Å². The molecule has 0 aliphatic rings. The summed E-state index contributed by atoms with van der Waals surface area (Å²) >= 11 is 1.14. The van der Waals surface area contributed by atoms with Crippen LogP contribution in [0.25, 0.3) is 0 Å². The quantitative estimate of drug-likeness (QED) is 0.865. The molecule has 126 valence electrons. The number of rotatable bonds is 4. The van der Waals surface area contributed by atoms with Gasteiger partial charge in [0.15, 0.2) is 0 Å². The fourth-order valence-corrected chi connectivity index (χ4v) is 2.66. The van der Waals surface area contributed by atoms with Crippen LogP contribution < -0.4 is 10.1 Å². The number of nitrogens with one attached hydrogen (secondary N) is 1. The number of benzene rings is 1. The molecular formula is C14H16F3N3O2S. The maximum Gasteiger partial charge on any atom is 0.573 e. The predicted molar refractivity (Wildman–Crippen MR) is 80.7 cm³/mol. The molecule has 0 radical (unpaired) electrons. The van der Waals surface area contributed by atoms with E-state index in [1.54, 1.807) is 6.07 Å².